The maximum atomic E-state index is 13.2. The number of carbonyl (C=O) groups is 4. The Balaban J connectivity index is 0.000000123. The highest BCUT2D eigenvalue weighted by Gasteiger charge is 2.31. The molecule has 13 aromatic rings. The summed E-state index contributed by atoms with van der Waals surface area (Å²) < 4.78 is 0. The predicted octanol–water partition coefficient (Wildman–Crippen LogP) is 24.9. The van der Waals surface area contributed by atoms with E-state index >= 15 is 0 Å². The van der Waals surface area contributed by atoms with Gasteiger partial charge in [-0.3, -0.25) is 19.2 Å². The summed E-state index contributed by atoms with van der Waals surface area (Å²) in [5.41, 5.74) is 23.8. The third kappa shape index (κ3) is 25.8. The summed E-state index contributed by atoms with van der Waals surface area (Å²) in [6.07, 6.45) is 44.0. The Bertz CT molecular complexity index is 6460. The fourth-order valence-electron chi connectivity index (χ4n) is 22.1. The molecule has 716 valence electrons. The molecule has 20 heteroatoms. The first-order valence-corrected chi connectivity index (χ1v) is 51.8. The van der Waals surface area contributed by atoms with E-state index in [0.29, 0.717) is 55.4 Å². The summed E-state index contributed by atoms with van der Waals surface area (Å²) >= 11 is 0. The van der Waals surface area contributed by atoms with Crippen LogP contribution in [0.25, 0.3) is 55.8 Å². The van der Waals surface area contributed by atoms with Crippen molar-refractivity contribution in [2.75, 3.05) is 21.3 Å². The lowest BCUT2D eigenvalue weighted by Gasteiger charge is -2.23. The average Bonchev–Trinajstić information content (AvgIpc) is 0.782. The van der Waals surface area contributed by atoms with E-state index in [1.165, 1.54) is 139 Å². The molecule has 21 rings (SSSR count). The van der Waals surface area contributed by atoms with Gasteiger partial charge >= 0.3 is 0 Å². The van der Waals surface area contributed by atoms with E-state index < -0.39 is 0 Å². The summed E-state index contributed by atoms with van der Waals surface area (Å²) in [4.78, 5) is 91.8. The van der Waals surface area contributed by atoms with Crippen LogP contribution in [0.1, 0.15) is 263 Å². The van der Waals surface area contributed by atoms with Gasteiger partial charge < -0.3 is 41.7 Å². The van der Waals surface area contributed by atoms with Crippen LogP contribution in [-0.2, 0) is 122 Å². The molecular weight excluding hydrogens is 1730 g/mol. The Kier molecular flexibility index (Phi) is 32.3. The van der Waals surface area contributed by atoms with E-state index in [4.69, 9.17) is 39.9 Å². The third-order valence-corrected chi connectivity index (χ3v) is 29.7. The van der Waals surface area contributed by atoms with Gasteiger partial charge in [0.2, 0.25) is 23.6 Å². The van der Waals surface area contributed by atoms with Gasteiger partial charge in [0.15, 0.2) is 23.3 Å². The topological polar surface area (TPSA) is 300 Å². The number of anilines is 4. The quantitative estimate of drug-likeness (QED) is 0.0237. The Morgan fingerprint density at radius 1 is 0.259 bits per heavy atom. The van der Waals surface area contributed by atoms with Crippen LogP contribution in [-0.4, -0.2) is 83.9 Å². The van der Waals surface area contributed by atoms with Crippen molar-refractivity contribution in [3.63, 3.8) is 0 Å². The van der Waals surface area contributed by atoms with E-state index in [0.717, 1.165) is 274 Å². The average molecular weight is 1860 g/mol. The standard InChI is InChI=1S/C32H33N3O2.C30H35N3O2.C29H33N3O2.C28H31N3O2/c36-26-14-15-27-25(20-26)13-17-28-31(27)33-29(16-11-21-6-2-1-3-7-21)32(34-28)35-30(37)19-22-10-12-23-8-4-5-9-24(23)18-22;34-24-16-17-25-23(20-24)15-19-26-29(25)31-27(18-14-22-10-5-2-6-11-22)30(32-26)33-28(35)13-7-12-21-8-3-1-4-9-21;33-23-14-15-24-22(19-23)13-17-25-28(24)30-26(16-11-20-7-3-1-4-8-20)29(31-25)32-27(34)18-12-21-9-5-2-6-10-21;32-22-13-14-23-21(18-22)12-16-24-27(23)29-25(15-11-19-7-3-1-4-8-19)28(30-24)31-26(33)17-20-9-5-2-6-10-20/h4-5,8-10,12,14-15,18,20-21,36H,1-3,6-7,11,13,16-17,19H2,(H,34,35,37);1,3-4,8-9,16-17,20,22,34H,2,5-7,10-15,18-19H2,(H,32,33,35);2,5-6,9-10,14-15,19-20,33H,1,3-4,7-8,11-13,16-18H2,(H,31,32,34);2,5-6,9-10,13-14,18-19,32H,1,3-4,7-8,11-12,15-17H2,(H,30,31,33). The molecule has 0 radical (unpaired) electrons. The smallest absolute Gasteiger partial charge is 0.229 e. The van der Waals surface area contributed by atoms with Gasteiger partial charge in [-0.25, -0.2) is 39.9 Å². The van der Waals surface area contributed by atoms with Crippen molar-refractivity contribution in [1.82, 2.24) is 39.9 Å². The summed E-state index contributed by atoms with van der Waals surface area (Å²) in [5, 5.41) is 54.4. The Morgan fingerprint density at radius 3 is 0.899 bits per heavy atom. The number of phenols is 4. The zero-order valence-electron chi connectivity index (χ0n) is 80.3. The van der Waals surface area contributed by atoms with Gasteiger partial charge in [-0.05, 0) is 274 Å². The predicted molar refractivity (Wildman–Crippen MR) is 552 cm³/mol. The minimum Gasteiger partial charge on any atom is -0.508 e. The molecule has 8 aliphatic rings. The Hall–Kier alpha value is -13.4. The van der Waals surface area contributed by atoms with Crippen LogP contribution in [0, 0.1) is 23.7 Å². The molecule has 0 atom stereocenters. The van der Waals surface area contributed by atoms with Gasteiger partial charge in [0, 0.05) is 35.1 Å². The van der Waals surface area contributed by atoms with Crippen molar-refractivity contribution in [3.8, 4) is 68.0 Å². The second-order valence-electron chi connectivity index (χ2n) is 39.8. The molecule has 139 heavy (non-hydrogen) atoms. The Morgan fingerprint density at radius 2 is 0.554 bits per heavy atom. The van der Waals surface area contributed by atoms with Crippen molar-refractivity contribution >= 4 is 57.7 Å². The molecule has 4 heterocycles. The lowest BCUT2D eigenvalue weighted by Crippen LogP contribution is -2.20. The normalized spacial score (nSPS) is 15.4. The molecule has 8 aliphatic carbocycles. The number of aromatic hydroxyl groups is 4. The number of nitrogens with zero attached hydrogens (tertiary/aromatic N) is 8. The van der Waals surface area contributed by atoms with Gasteiger partial charge in [0.25, 0.3) is 0 Å². The molecule has 0 spiro atoms. The highest BCUT2D eigenvalue weighted by Crippen LogP contribution is 2.43. The second kappa shape index (κ2) is 46.9. The van der Waals surface area contributed by atoms with Crippen molar-refractivity contribution < 1.29 is 39.6 Å². The summed E-state index contributed by atoms with van der Waals surface area (Å²) in [6.45, 7) is 0. The van der Waals surface area contributed by atoms with Crippen molar-refractivity contribution in [2.45, 2.75) is 276 Å². The highest BCUT2D eigenvalue weighted by atomic mass is 16.3. The largest absolute Gasteiger partial charge is 0.508 e. The molecule has 4 aromatic heterocycles. The number of hydrogen-bond donors (Lipinski definition) is 8. The first-order valence-electron chi connectivity index (χ1n) is 51.8. The number of carbonyl (C=O) groups excluding carboxylic acids is 4. The minimum absolute atomic E-state index is 0.00947. The van der Waals surface area contributed by atoms with Gasteiger partial charge in [-0.2, -0.15) is 0 Å². The lowest BCUT2D eigenvalue weighted by molar-refractivity contribution is -0.117. The van der Waals surface area contributed by atoms with Crippen LogP contribution < -0.4 is 21.3 Å². The van der Waals surface area contributed by atoms with E-state index in [1.807, 2.05) is 133 Å². The van der Waals surface area contributed by atoms with Crippen LogP contribution in [0.2, 0.25) is 0 Å². The number of hydrogen-bond acceptors (Lipinski definition) is 16. The van der Waals surface area contributed by atoms with Gasteiger partial charge in [0.05, 0.1) is 81.2 Å². The summed E-state index contributed by atoms with van der Waals surface area (Å²) in [7, 11) is 0. The minimum atomic E-state index is -0.0652. The number of phenolic OH excluding ortho intramolecular Hbond substituents is 4. The summed E-state index contributed by atoms with van der Waals surface area (Å²) in [6, 6.07) is 66.6. The maximum Gasteiger partial charge on any atom is 0.229 e. The number of nitrogens with one attached hydrogen (secondary N) is 4. The molecule has 0 bridgehead atoms. The molecular formula is C119H132N12O8. The van der Waals surface area contributed by atoms with Crippen LogP contribution >= 0.6 is 0 Å². The lowest BCUT2D eigenvalue weighted by atomic mass is 9.85. The third-order valence-electron chi connectivity index (χ3n) is 29.7. The highest BCUT2D eigenvalue weighted by molar-refractivity contribution is 5.95. The SMILES string of the molecule is O=C(CCCc1ccccc1)Nc1nc2c(nc1CCC1CCCCC1)-c1ccc(O)cc1CC2.O=C(CCc1ccccc1)Nc1nc2c(nc1CCC1CCCCC1)-c1ccc(O)cc1CC2.O=C(Cc1ccc2ccccc2c1)Nc1nc2c(nc1CCC1CCCCC1)-c1ccc(O)cc1CC2.O=C(Cc1ccccc1)Nc1nc2c(nc1CCC1CCCCC1)-c1ccc(O)cc1CC2. The maximum absolute atomic E-state index is 13.2. The first kappa shape index (κ1) is 95.9. The van der Waals surface area contributed by atoms with Gasteiger partial charge in [-0.1, -0.05) is 262 Å². The fraction of sp³-hybridized carbons (Fsp3) is 0.395. The molecule has 4 amide bonds. The molecule has 8 N–H and O–H groups in total. The monoisotopic (exact) mass is 1860 g/mol. The van der Waals surface area contributed by atoms with Crippen LogP contribution in [0.4, 0.5) is 23.3 Å². The molecule has 4 saturated carbocycles. The summed E-state index contributed by atoms with van der Waals surface area (Å²) in [5.74, 6) is 6.44. The van der Waals surface area contributed by atoms with Gasteiger partial charge in [-0.15, -0.1) is 0 Å². The van der Waals surface area contributed by atoms with E-state index in [1.54, 1.807) is 24.3 Å². The molecule has 9 aromatic carbocycles. The molecule has 20 nitrogen and oxygen atoms in total. The van der Waals surface area contributed by atoms with E-state index in [-0.39, 0.29) is 46.6 Å². The second-order valence-corrected chi connectivity index (χ2v) is 39.8. The van der Waals surface area contributed by atoms with E-state index in [9.17, 15) is 39.6 Å². The number of aryl methyl sites for hydroxylation is 14. The Labute approximate surface area is 817 Å². The zero-order chi connectivity index (χ0) is 95.2. The zero-order valence-corrected chi connectivity index (χ0v) is 80.3. The van der Waals surface area contributed by atoms with Gasteiger partial charge in [0.1, 0.15) is 23.0 Å². The molecule has 0 unspecified atom stereocenters. The molecule has 4 fully saturated rings. The number of aromatic nitrogens is 8. The fourth-order valence-corrected chi connectivity index (χ4v) is 22.1. The number of fused-ring (bicyclic) bond motifs is 13. The number of benzene rings is 9. The van der Waals surface area contributed by atoms with Crippen molar-refractivity contribution in [1.29, 1.82) is 0 Å². The van der Waals surface area contributed by atoms with Crippen LogP contribution in [0.3, 0.4) is 0 Å². The first-order chi connectivity index (χ1) is 68.1. The number of amides is 4. The van der Waals surface area contributed by atoms with Crippen molar-refractivity contribution in [3.05, 3.63) is 296 Å². The van der Waals surface area contributed by atoms with Crippen molar-refractivity contribution in [2.24, 2.45) is 23.7 Å². The molecule has 0 aliphatic heterocycles. The van der Waals surface area contributed by atoms with E-state index in [2.05, 4.69) is 69.8 Å². The molecule has 0 saturated heterocycles. The number of rotatable bonds is 27. The van der Waals surface area contributed by atoms with Crippen LogP contribution in [0.5, 0.6) is 23.0 Å². The van der Waals surface area contributed by atoms with Crippen LogP contribution in [0.15, 0.2) is 206 Å².